The molecule has 110 valence electrons. The first-order valence-electron chi connectivity index (χ1n) is 7.14. The van der Waals surface area contributed by atoms with Crippen molar-refractivity contribution in [2.75, 3.05) is 18.5 Å². The fourth-order valence-electron chi connectivity index (χ4n) is 2.39. The second-order valence-electron chi connectivity index (χ2n) is 4.98. The van der Waals surface area contributed by atoms with Gasteiger partial charge in [-0.05, 0) is 38.4 Å². The Kier molecular flexibility index (Phi) is 5.35. The molecule has 1 atom stereocenters. The molecular formula is C15H21FN2O2. The molecule has 1 heterocycles. The van der Waals surface area contributed by atoms with Crippen molar-refractivity contribution < 1.29 is 13.9 Å². The first kappa shape index (κ1) is 14.8. The summed E-state index contributed by atoms with van der Waals surface area (Å²) in [6.07, 6.45) is 3.77. The average Bonchev–Trinajstić information content (AvgIpc) is 2.43. The van der Waals surface area contributed by atoms with Crippen molar-refractivity contribution in [3.05, 3.63) is 24.0 Å². The van der Waals surface area contributed by atoms with E-state index < -0.39 is 5.82 Å². The van der Waals surface area contributed by atoms with Crippen LogP contribution >= 0.6 is 0 Å². The van der Waals surface area contributed by atoms with Gasteiger partial charge in [0.1, 0.15) is 0 Å². The van der Waals surface area contributed by atoms with Gasteiger partial charge in [0, 0.05) is 24.2 Å². The number of hydrogen-bond donors (Lipinski definition) is 2. The Morgan fingerprint density at radius 2 is 2.35 bits per heavy atom. The van der Waals surface area contributed by atoms with Crippen LogP contribution in [0.3, 0.4) is 0 Å². The van der Waals surface area contributed by atoms with Gasteiger partial charge in [0.05, 0.1) is 6.61 Å². The van der Waals surface area contributed by atoms with Crippen molar-refractivity contribution in [3.8, 4) is 5.75 Å². The summed E-state index contributed by atoms with van der Waals surface area (Å²) < 4.78 is 18.8. The number of piperidine rings is 1. The van der Waals surface area contributed by atoms with Gasteiger partial charge in [-0.1, -0.05) is 6.42 Å². The Balaban J connectivity index is 1.88. The molecule has 1 aromatic carbocycles. The maximum atomic E-state index is 13.7. The number of hydrogen-bond acceptors (Lipinski definition) is 3. The molecule has 20 heavy (non-hydrogen) atoms. The number of benzene rings is 1. The van der Waals surface area contributed by atoms with Crippen LogP contribution in [-0.2, 0) is 4.79 Å². The zero-order valence-corrected chi connectivity index (χ0v) is 11.7. The van der Waals surface area contributed by atoms with Gasteiger partial charge in [0.25, 0.3) is 0 Å². The van der Waals surface area contributed by atoms with Crippen LogP contribution in [0.15, 0.2) is 18.2 Å². The highest BCUT2D eigenvalue weighted by Crippen LogP contribution is 2.21. The van der Waals surface area contributed by atoms with Gasteiger partial charge in [0.15, 0.2) is 11.6 Å². The molecule has 0 bridgehead atoms. The summed E-state index contributed by atoms with van der Waals surface area (Å²) in [5, 5.41) is 6.04. The average molecular weight is 280 g/mol. The maximum absolute atomic E-state index is 13.7. The molecule has 5 heteroatoms. The van der Waals surface area contributed by atoms with Crippen LogP contribution in [0.4, 0.5) is 10.1 Å². The summed E-state index contributed by atoms with van der Waals surface area (Å²) >= 11 is 0. The summed E-state index contributed by atoms with van der Waals surface area (Å²) in [5.41, 5.74) is 0.465. The molecular weight excluding hydrogens is 259 g/mol. The molecule has 0 aliphatic carbocycles. The van der Waals surface area contributed by atoms with Gasteiger partial charge < -0.3 is 15.4 Å². The minimum absolute atomic E-state index is 0.0899. The molecule has 1 aliphatic heterocycles. The van der Waals surface area contributed by atoms with E-state index in [1.807, 2.05) is 0 Å². The topological polar surface area (TPSA) is 50.4 Å². The Labute approximate surface area is 118 Å². The molecule has 1 aromatic rings. The zero-order valence-electron chi connectivity index (χ0n) is 11.7. The number of amides is 1. The predicted molar refractivity (Wildman–Crippen MR) is 76.5 cm³/mol. The lowest BCUT2D eigenvalue weighted by atomic mass is 10.0. The number of anilines is 1. The van der Waals surface area contributed by atoms with Crippen LogP contribution in [0.1, 0.15) is 32.6 Å². The third kappa shape index (κ3) is 4.20. The first-order valence-corrected chi connectivity index (χ1v) is 7.14. The van der Waals surface area contributed by atoms with E-state index in [0.29, 0.717) is 18.7 Å². The number of carbonyl (C=O) groups is 1. The molecule has 1 aliphatic rings. The molecule has 2 rings (SSSR count). The van der Waals surface area contributed by atoms with Crippen LogP contribution in [-0.4, -0.2) is 25.1 Å². The second-order valence-corrected chi connectivity index (χ2v) is 4.98. The quantitative estimate of drug-likeness (QED) is 0.872. The largest absolute Gasteiger partial charge is 0.491 e. The monoisotopic (exact) mass is 280 g/mol. The normalized spacial score (nSPS) is 18.6. The number of carbonyl (C=O) groups excluding carboxylic acids is 1. The summed E-state index contributed by atoms with van der Waals surface area (Å²) in [4.78, 5) is 11.9. The van der Waals surface area contributed by atoms with Gasteiger partial charge >= 0.3 is 0 Å². The lowest BCUT2D eigenvalue weighted by molar-refractivity contribution is -0.116. The van der Waals surface area contributed by atoms with E-state index in [-0.39, 0.29) is 17.7 Å². The first-order chi connectivity index (χ1) is 9.69. The molecule has 1 amide bonds. The van der Waals surface area contributed by atoms with Gasteiger partial charge in [-0.15, -0.1) is 0 Å². The van der Waals surface area contributed by atoms with Crippen molar-refractivity contribution in [2.24, 2.45) is 0 Å². The lowest BCUT2D eigenvalue weighted by Gasteiger charge is -2.22. The van der Waals surface area contributed by atoms with Crippen molar-refractivity contribution in [2.45, 2.75) is 38.6 Å². The van der Waals surface area contributed by atoms with E-state index in [1.165, 1.54) is 18.6 Å². The molecule has 4 nitrogen and oxygen atoms in total. The van der Waals surface area contributed by atoms with E-state index in [9.17, 15) is 9.18 Å². The second kappa shape index (κ2) is 7.24. The van der Waals surface area contributed by atoms with Gasteiger partial charge in [-0.3, -0.25) is 4.79 Å². The van der Waals surface area contributed by atoms with E-state index in [2.05, 4.69) is 10.6 Å². The standard InChI is InChI=1S/C15H21FN2O2/c1-2-20-14-7-6-12(9-13(14)16)18-15(19)10-11-5-3-4-8-17-11/h6-7,9,11,17H,2-5,8,10H2,1H3,(H,18,19). The van der Waals surface area contributed by atoms with Crippen molar-refractivity contribution in [3.63, 3.8) is 0 Å². The SMILES string of the molecule is CCOc1ccc(NC(=O)CC2CCCCN2)cc1F. The zero-order chi connectivity index (χ0) is 14.4. The van der Waals surface area contributed by atoms with Crippen LogP contribution in [0.2, 0.25) is 0 Å². The minimum Gasteiger partial charge on any atom is -0.491 e. The van der Waals surface area contributed by atoms with Gasteiger partial charge in [-0.25, -0.2) is 4.39 Å². The summed E-state index contributed by atoms with van der Waals surface area (Å²) in [5.74, 6) is -0.340. The maximum Gasteiger partial charge on any atom is 0.225 e. The van der Waals surface area contributed by atoms with E-state index in [4.69, 9.17) is 4.74 Å². The molecule has 1 saturated heterocycles. The lowest BCUT2D eigenvalue weighted by Crippen LogP contribution is -2.36. The molecule has 2 N–H and O–H groups in total. The van der Waals surface area contributed by atoms with Crippen molar-refractivity contribution in [1.29, 1.82) is 0 Å². The molecule has 1 unspecified atom stereocenters. The summed E-state index contributed by atoms with van der Waals surface area (Å²) in [6, 6.07) is 4.71. The van der Waals surface area contributed by atoms with Crippen LogP contribution in [0, 0.1) is 5.82 Å². The Bertz CT molecular complexity index is 459. The number of nitrogens with one attached hydrogen (secondary N) is 2. The Morgan fingerprint density at radius 1 is 1.50 bits per heavy atom. The third-order valence-electron chi connectivity index (χ3n) is 3.36. The highest BCUT2D eigenvalue weighted by Gasteiger charge is 2.16. The van der Waals surface area contributed by atoms with Gasteiger partial charge in [0.2, 0.25) is 5.91 Å². The van der Waals surface area contributed by atoms with E-state index >= 15 is 0 Å². The fraction of sp³-hybridized carbons (Fsp3) is 0.533. The van der Waals surface area contributed by atoms with Crippen LogP contribution < -0.4 is 15.4 Å². The van der Waals surface area contributed by atoms with Crippen molar-refractivity contribution in [1.82, 2.24) is 5.32 Å². The predicted octanol–water partition coefficient (Wildman–Crippen LogP) is 2.70. The summed E-state index contributed by atoms with van der Waals surface area (Å²) in [7, 11) is 0. The fourth-order valence-corrected chi connectivity index (χ4v) is 2.39. The van der Waals surface area contributed by atoms with Crippen molar-refractivity contribution >= 4 is 11.6 Å². The minimum atomic E-state index is -0.458. The Morgan fingerprint density at radius 3 is 3.00 bits per heavy atom. The van der Waals surface area contributed by atoms with Crippen LogP contribution in [0.5, 0.6) is 5.75 Å². The van der Waals surface area contributed by atoms with Crippen LogP contribution in [0.25, 0.3) is 0 Å². The number of halogens is 1. The Hall–Kier alpha value is -1.62. The highest BCUT2D eigenvalue weighted by molar-refractivity contribution is 5.91. The van der Waals surface area contributed by atoms with Gasteiger partial charge in [-0.2, -0.15) is 0 Å². The molecule has 1 fully saturated rings. The molecule has 0 aromatic heterocycles. The molecule has 0 radical (unpaired) electrons. The summed E-state index contributed by atoms with van der Waals surface area (Å²) in [6.45, 7) is 3.18. The smallest absolute Gasteiger partial charge is 0.225 e. The van der Waals surface area contributed by atoms with E-state index in [0.717, 1.165) is 19.4 Å². The van der Waals surface area contributed by atoms with E-state index in [1.54, 1.807) is 13.0 Å². The number of rotatable bonds is 5. The molecule has 0 spiro atoms. The molecule has 0 saturated carbocycles. The number of ether oxygens (including phenoxy) is 1. The highest BCUT2D eigenvalue weighted by atomic mass is 19.1. The third-order valence-corrected chi connectivity index (χ3v) is 3.36.